The number of aryl methyl sites for hydroxylation is 1. The first-order chi connectivity index (χ1) is 9.17. The fourth-order valence-electron chi connectivity index (χ4n) is 2.32. The van der Waals surface area contributed by atoms with Gasteiger partial charge in [-0.25, -0.2) is 0 Å². The lowest BCUT2D eigenvalue weighted by Crippen LogP contribution is -2.21. The molecule has 0 spiro atoms. The van der Waals surface area contributed by atoms with Gasteiger partial charge in [0.25, 0.3) is 0 Å². The molecule has 0 aliphatic rings. The normalized spacial score (nSPS) is 12.4. The summed E-state index contributed by atoms with van der Waals surface area (Å²) in [6, 6.07) is 10.8. The van der Waals surface area contributed by atoms with Crippen LogP contribution in [0.2, 0.25) is 0 Å². The van der Waals surface area contributed by atoms with Crippen molar-refractivity contribution in [2.45, 2.75) is 19.5 Å². The molecule has 4 heteroatoms. The van der Waals surface area contributed by atoms with E-state index in [0.717, 1.165) is 6.54 Å². The van der Waals surface area contributed by atoms with Crippen LogP contribution in [0.15, 0.2) is 36.5 Å². The molecule has 2 rings (SSSR count). The Bertz CT molecular complexity index is 530. The lowest BCUT2D eigenvalue weighted by molar-refractivity contribution is 0.563. The lowest BCUT2D eigenvalue weighted by atomic mass is 10.0. The van der Waals surface area contributed by atoms with Gasteiger partial charge >= 0.3 is 0 Å². The molecule has 1 N–H and O–H groups in total. The van der Waals surface area contributed by atoms with Crippen molar-refractivity contribution in [2.75, 3.05) is 26.0 Å². The van der Waals surface area contributed by atoms with E-state index in [1.54, 1.807) is 0 Å². The van der Waals surface area contributed by atoms with E-state index in [1.807, 2.05) is 17.9 Å². The van der Waals surface area contributed by atoms with E-state index in [4.69, 9.17) is 0 Å². The molecule has 1 aromatic heterocycles. The highest BCUT2D eigenvalue weighted by Crippen LogP contribution is 2.24. The van der Waals surface area contributed by atoms with Crippen LogP contribution >= 0.6 is 0 Å². The van der Waals surface area contributed by atoms with Crippen molar-refractivity contribution in [1.82, 2.24) is 15.1 Å². The summed E-state index contributed by atoms with van der Waals surface area (Å²) in [5.41, 5.74) is 3.66. The van der Waals surface area contributed by atoms with Crippen LogP contribution in [0.1, 0.15) is 24.2 Å². The summed E-state index contributed by atoms with van der Waals surface area (Å²) < 4.78 is 2.03. The first-order valence-electron chi connectivity index (χ1n) is 6.63. The van der Waals surface area contributed by atoms with E-state index in [1.165, 1.54) is 16.9 Å². The molecule has 1 atom stereocenters. The second-order valence-electron chi connectivity index (χ2n) is 4.78. The molecule has 0 amide bonds. The van der Waals surface area contributed by atoms with Crippen molar-refractivity contribution in [3.05, 3.63) is 47.8 Å². The van der Waals surface area contributed by atoms with Gasteiger partial charge in [0.15, 0.2) is 0 Å². The maximum absolute atomic E-state index is 4.35. The average molecular weight is 258 g/mol. The molecule has 1 aromatic carbocycles. The first-order valence-corrected chi connectivity index (χ1v) is 6.63. The quantitative estimate of drug-likeness (QED) is 0.893. The molecule has 102 valence electrons. The third kappa shape index (κ3) is 2.79. The van der Waals surface area contributed by atoms with E-state index in [2.05, 4.69) is 66.7 Å². The Kier molecular flexibility index (Phi) is 4.22. The van der Waals surface area contributed by atoms with Crippen molar-refractivity contribution in [1.29, 1.82) is 0 Å². The predicted molar refractivity (Wildman–Crippen MR) is 79.6 cm³/mol. The number of anilines is 1. The van der Waals surface area contributed by atoms with Gasteiger partial charge < -0.3 is 10.2 Å². The van der Waals surface area contributed by atoms with Crippen LogP contribution < -0.4 is 10.2 Å². The molecule has 0 aliphatic carbocycles. The molecule has 0 saturated carbocycles. The molecule has 0 saturated heterocycles. The number of rotatable bonds is 5. The summed E-state index contributed by atoms with van der Waals surface area (Å²) >= 11 is 0. The van der Waals surface area contributed by atoms with Crippen LogP contribution in [0.25, 0.3) is 0 Å². The van der Waals surface area contributed by atoms with Crippen molar-refractivity contribution < 1.29 is 0 Å². The minimum absolute atomic E-state index is 0.169. The minimum atomic E-state index is 0.169. The molecule has 1 unspecified atom stereocenters. The van der Waals surface area contributed by atoms with E-state index in [0.29, 0.717) is 0 Å². The van der Waals surface area contributed by atoms with Gasteiger partial charge in [-0.1, -0.05) is 12.1 Å². The Labute approximate surface area is 115 Å². The van der Waals surface area contributed by atoms with Gasteiger partial charge in [0.2, 0.25) is 0 Å². The molecule has 2 aromatic rings. The fourth-order valence-corrected chi connectivity index (χ4v) is 2.32. The fraction of sp³-hybridized carbons (Fsp3) is 0.400. The van der Waals surface area contributed by atoms with Crippen LogP contribution in [0.5, 0.6) is 0 Å². The maximum atomic E-state index is 4.35. The number of hydrogen-bond donors (Lipinski definition) is 1. The Hall–Kier alpha value is -1.81. The Morgan fingerprint density at radius 2 is 2.11 bits per heavy atom. The molecular formula is C15H22N4. The summed E-state index contributed by atoms with van der Waals surface area (Å²) in [5, 5.41) is 7.74. The smallest absolute Gasteiger partial charge is 0.0746 e. The van der Waals surface area contributed by atoms with Crippen LogP contribution in [0, 0.1) is 0 Å². The second kappa shape index (κ2) is 5.89. The largest absolute Gasteiger partial charge is 0.378 e. The van der Waals surface area contributed by atoms with Gasteiger partial charge in [0.1, 0.15) is 0 Å². The average Bonchev–Trinajstić information content (AvgIpc) is 2.88. The molecular weight excluding hydrogens is 236 g/mol. The van der Waals surface area contributed by atoms with E-state index in [9.17, 15) is 0 Å². The number of aromatic nitrogens is 2. The molecule has 0 aliphatic heterocycles. The molecule has 0 bridgehead atoms. The highest BCUT2D eigenvalue weighted by Gasteiger charge is 2.16. The topological polar surface area (TPSA) is 33.1 Å². The van der Waals surface area contributed by atoms with Gasteiger partial charge in [-0.15, -0.1) is 0 Å². The van der Waals surface area contributed by atoms with Crippen molar-refractivity contribution in [3.63, 3.8) is 0 Å². The zero-order chi connectivity index (χ0) is 13.8. The summed E-state index contributed by atoms with van der Waals surface area (Å²) in [7, 11) is 6.10. The lowest BCUT2D eigenvalue weighted by Gasteiger charge is -2.20. The summed E-state index contributed by atoms with van der Waals surface area (Å²) in [5.74, 6) is 0. The zero-order valence-electron chi connectivity index (χ0n) is 12.1. The number of nitrogens with zero attached hydrogens (tertiary/aromatic N) is 3. The van der Waals surface area contributed by atoms with Gasteiger partial charge in [0, 0.05) is 32.5 Å². The second-order valence-corrected chi connectivity index (χ2v) is 4.78. The highest BCUT2D eigenvalue weighted by molar-refractivity contribution is 5.48. The van der Waals surface area contributed by atoms with Gasteiger partial charge in [0.05, 0.1) is 11.7 Å². The summed E-state index contributed by atoms with van der Waals surface area (Å²) in [4.78, 5) is 2.12. The molecule has 0 fully saturated rings. The standard InChI is InChI=1S/C15H22N4/c1-5-19-14(9-10-17-19)15(16-2)12-7-6-8-13(11-12)18(3)4/h6-11,15-16H,5H2,1-4H3. The summed E-state index contributed by atoms with van der Waals surface area (Å²) in [6.45, 7) is 2.99. The summed E-state index contributed by atoms with van der Waals surface area (Å²) in [6.07, 6.45) is 1.86. The van der Waals surface area contributed by atoms with Gasteiger partial charge in [-0.05, 0) is 37.7 Å². The molecule has 19 heavy (non-hydrogen) atoms. The van der Waals surface area contributed by atoms with E-state index >= 15 is 0 Å². The molecule has 0 radical (unpaired) electrons. The number of hydrogen-bond acceptors (Lipinski definition) is 3. The third-order valence-corrected chi connectivity index (χ3v) is 3.35. The van der Waals surface area contributed by atoms with Crippen LogP contribution in [0.3, 0.4) is 0 Å². The number of nitrogens with one attached hydrogen (secondary N) is 1. The minimum Gasteiger partial charge on any atom is -0.378 e. The van der Waals surface area contributed by atoms with Crippen LogP contribution in [-0.2, 0) is 6.54 Å². The Balaban J connectivity index is 2.39. The van der Waals surface area contributed by atoms with E-state index < -0.39 is 0 Å². The molecule has 1 heterocycles. The van der Waals surface area contributed by atoms with Crippen molar-refractivity contribution in [2.24, 2.45) is 0 Å². The molecule has 4 nitrogen and oxygen atoms in total. The van der Waals surface area contributed by atoms with Crippen LogP contribution in [0.4, 0.5) is 5.69 Å². The monoisotopic (exact) mass is 258 g/mol. The van der Waals surface area contributed by atoms with E-state index in [-0.39, 0.29) is 6.04 Å². The van der Waals surface area contributed by atoms with Gasteiger partial charge in [-0.3, -0.25) is 4.68 Å². The number of benzene rings is 1. The SMILES string of the molecule is CCn1nccc1C(NC)c1cccc(N(C)C)c1. The Morgan fingerprint density at radius 1 is 1.32 bits per heavy atom. The van der Waals surface area contributed by atoms with Crippen LogP contribution in [-0.4, -0.2) is 30.9 Å². The highest BCUT2D eigenvalue weighted by atomic mass is 15.3. The Morgan fingerprint density at radius 3 is 2.74 bits per heavy atom. The third-order valence-electron chi connectivity index (χ3n) is 3.35. The maximum Gasteiger partial charge on any atom is 0.0746 e. The predicted octanol–water partition coefficient (Wildman–Crippen LogP) is 2.28. The first kappa shape index (κ1) is 13.6. The van der Waals surface area contributed by atoms with Crippen molar-refractivity contribution >= 4 is 5.69 Å². The zero-order valence-corrected chi connectivity index (χ0v) is 12.1. The van der Waals surface area contributed by atoms with Crippen molar-refractivity contribution in [3.8, 4) is 0 Å². The van der Waals surface area contributed by atoms with Gasteiger partial charge in [-0.2, -0.15) is 5.10 Å².